The highest BCUT2D eigenvalue weighted by Gasteiger charge is 2.15. The lowest BCUT2D eigenvalue weighted by atomic mass is 10.3. The molecule has 0 fully saturated rings. The van der Waals surface area contributed by atoms with Crippen LogP contribution in [-0.2, 0) is 17.1 Å². The van der Waals surface area contributed by atoms with Crippen LogP contribution in [0, 0.1) is 6.92 Å². The molecule has 3 rings (SSSR count). The van der Waals surface area contributed by atoms with Crippen LogP contribution >= 0.6 is 11.3 Å². The van der Waals surface area contributed by atoms with Crippen LogP contribution in [0.3, 0.4) is 0 Å². The Morgan fingerprint density at radius 1 is 1.30 bits per heavy atom. The number of aryl methyl sites for hydroxylation is 2. The van der Waals surface area contributed by atoms with Gasteiger partial charge < -0.3 is 4.57 Å². The Balaban J connectivity index is 2.00. The highest BCUT2D eigenvalue weighted by molar-refractivity contribution is 7.94. The van der Waals surface area contributed by atoms with Crippen molar-refractivity contribution in [1.29, 1.82) is 0 Å². The van der Waals surface area contributed by atoms with Gasteiger partial charge in [0.05, 0.1) is 16.7 Å². The fraction of sp³-hybridized carbons (Fsp3) is 0.154. The Morgan fingerprint density at radius 2 is 2.10 bits per heavy atom. The number of fused-ring (bicyclic) bond motifs is 1. The number of anilines is 1. The fourth-order valence-electron chi connectivity index (χ4n) is 2.01. The molecule has 0 unspecified atom stereocenters. The molecule has 2 aromatic heterocycles. The van der Waals surface area contributed by atoms with Gasteiger partial charge in [0.15, 0.2) is 0 Å². The van der Waals surface area contributed by atoms with E-state index in [2.05, 4.69) is 9.71 Å². The maximum absolute atomic E-state index is 12.1. The van der Waals surface area contributed by atoms with Crippen molar-refractivity contribution in [2.45, 2.75) is 11.1 Å². The van der Waals surface area contributed by atoms with E-state index >= 15 is 0 Å². The summed E-state index contributed by atoms with van der Waals surface area (Å²) in [6, 6.07) is 8.64. The zero-order valence-electron chi connectivity index (χ0n) is 11.0. The van der Waals surface area contributed by atoms with E-state index in [9.17, 15) is 8.42 Å². The molecule has 0 saturated carbocycles. The quantitative estimate of drug-likeness (QED) is 0.809. The number of sulfonamides is 1. The minimum Gasteiger partial charge on any atom is -0.331 e. The van der Waals surface area contributed by atoms with Crippen molar-refractivity contribution >= 4 is 38.1 Å². The number of nitrogens with zero attached hydrogens (tertiary/aromatic N) is 2. The lowest BCUT2D eigenvalue weighted by Gasteiger charge is -2.06. The van der Waals surface area contributed by atoms with Gasteiger partial charge in [-0.05, 0) is 36.6 Å². The third kappa shape index (κ3) is 2.19. The number of imidazole rings is 1. The minimum absolute atomic E-state index is 0.301. The number of aromatic nitrogens is 2. The minimum atomic E-state index is -3.51. The summed E-state index contributed by atoms with van der Waals surface area (Å²) >= 11 is 1.19. The summed E-state index contributed by atoms with van der Waals surface area (Å²) in [5.74, 6) is 0.887. The first kappa shape index (κ1) is 13.1. The predicted molar refractivity (Wildman–Crippen MR) is 80.6 cm³/mol. The third-order valence-corrected chi connectivity index (χ3v) is 5.90. The molecular weight excluding hydrogens is 294 g/mol. The first-order valence-electron chi connectivity index (χ1n) is 5.97. The number of hydrogen-bond acceptors (Lipinski definition) is 4. The van der Waals surface area contributed by atoms with E-state index in [1.165, 1.54) is 11.3 Å². The molecule has 0 spiro atoms. The molecule has 0 saturated heterocycles. The van der Waals surface area contributed by atoms with E-state index in [1.807, 2.05) is 24.6 Å². The van der Waals surface area contributed by atoms with E-state index in [0.29, 0.717) is 9.90 Å². The summed E-state index contributed by atoms with van der Waals surface area (Å²) in [6.07, 6.45) is 0. The highest BCUT2D eigenvalue weighted by atomic mass is 32.2. The van der Waals surface area contributed by atoms with Gasteiger partial charge in [0, 0.05) is 7.05 Å². The van der Waals surface area contributed by atoms with Crippen molar-refractivity contribution < 1.29 is 8.42 Å². The summed E-state index contributed by atoms with van der Waals surface area (Å²) < 4.78 is 29.1. The Kier molecular flexibility index (Phi) is 3.02. The first-order valence-corrected chi connectivity index (χ1v) is 8.33. The summed E-state index contributed by atoms with van der Waals surface area (Å²) in [5, 5.41) is 1.74. The van der Waals surface area contributed by atoms with Gasteiger partial charge in [0.2, 0.25) is 0 Å². The SMILES string of the molecule is Cc1nc2cc(NS(=O)(=O)c3cccs3)ccc2n1C. The maximum Gasteiger partial charge on any atom is 0.271 e. The van der Waals surface area contributed by atoms with Crippen LogP contribution in [0.25, 0.3) is 11.0 Å². The Morgan fingerprint density at radius 3 is 2.80 bits per heavy atom. The van der Waals surface area contributed by atoms with Crippen LogP contribution in [0.15, 0.2) is 39.9 Å². The summed E-state index contributed by atoms with van der Waals surface area (Å²) in [4.78, 5) is 4.40. The monoisotopic (exact) mass is 307 g/mol. The molecule has 0 radical (unpaired) electrons. The number of rotatable bonds is 3. The van der Waals surface area contributed by atoms with Crippen molar-refractivity contribution in [2.24, 2.45) is 7.05 Å². The standard InChI is InChI=1S/C13H13N3O2S2/c1-9-14-11-8-10(5-6-12(11)16(9)2)15-20(17,18)13-4-3-7-19-13/h3-8,15H,1-2H3. The molecule has 104 valence electrons. The highest BCUT2D eigenvalue weighted by Crippen LogP contribution is 2.23. The van der Waals surface area contributed by atoms with Crippen LogP contribution in [0.1, 0.15) is 5.82 Å². The molecule has 20 heavy (non-hydrogen) atoms. The van der Waals surface area contributed by atoms with Gasteiger partial charge in [-0.2, -0.15) is 0 Å². The van der Waals surface area contributed by atoms with E-state index in [1.54, 1.807) is 29.6 Å². The second-order valence-electron chi connectivity index (χ2n) is 4.46. The molecule has 0 aliphatic carbocycles. The summed E-state index contributed by atoms with van der Waals surface area (Å²) in [7, 11) is -1.58. The van der Waals surface area contributed by atoms with Gasteiger partial charge in [-0.3, -0.25) is 4.72 Å². The van der Waals surface area contributed by atoms with Crippen molar-refractivity contribution in [3.05, 3.63) is 41.5 Å². The normalized spacial score (nSPS) is 11.9. The largest absolute Gasteiger partial charge is 0.331 e. The summed E-state index contributed by atoms with van der Waals surface area (Å²) in [5.41, 5.74) is 2.27. The van der Waals surface area contributed by atoms with Crippen LogP contribution in [0.2, 0.25) is 0 Å². The summed E-state index contributed by atoms with van der Waals surface area (Å²) in [6.45, 7) is 1.91. The fourth-order valence-corrected chi connectivity index (χ4v) is 4.05. The average Bonchev–Trinajstić information content (AvgIpc) is 2.99. The van der Waals surface area contributed by atoms with Gasteiger partial charge in [0.1, 0.15) is 10.0 Å². The van der Waals surface area contributed by atoms with E-state index in [0.717, 1.165) is 16.9 Å². The molecule has 1 aromatic carbocycles. The Hall–Kier alpha value is -1.86. The topological polar surface area (TPSA) is 64.0 Å². The van der Waals surface area contributed by atoms with Crippen molar-refractivity contribution in [2.75, 3.05) is 4.72 Å². The lowest BCUT2D eigenvalue weighted by Crippen LogP contribution is -2.11. The van der Waals surface area contributed by atoms with Gasteiger partial charge in [-0.25, -0.2) is 13.4 Å². The second-order valence-corrected chi connectivity index (χ2v) is 7.32. The molecule has 7 heteroatoms. The van der Waals surface area contributed by atoms with E-state index in [4.69, 9.17) is 0 Å². The molecule has 0 amide bonds. The predicted octanol–water partition coefficient (Wildman–Crippen LogP) is 2.74. The zero-order valence-corrected chi connectivity index (χ0v) is 12.6. The zero-order chi connectivity index (χ0) is 14.3. The van der Waals surface area contributed by atoms with Crippen LogP contribution < -0.4 is 4.72 Å². The third-order valence-electron chi connectivity index (χ3n) is 3.12. The Labute approximate surface area is 120 Å². The Bertz CT molecular complexity index is 865. The van der Waals surface area contributed by atoms with Gasteiger partial charge in [-0.1, -0.05) is 6.07 Å². The van der Waals surface area contributed by atoms with Crippen molar-refractivity contribution in [3.63, 3.8) is 0 Å². The lowest BCUT2D eigenvalue weighted by molar-refractivity contribution is 0.603. The van der Waals surface area contributed by atoms with Crippen LogP contribution in [0.5, 0.6) is 0 Å². The van der Waals surface area contributed by atoms with Gasteiger partial charge in [0.25, 0.3) is 10.0 Å². The number of benzene rings is 1. The molecule has 1 N–H and O–H groups in total. The van der Waals surface area contributed by atoms with Gasteiger partial charge >= 0.3 is 0 Å². The second kappa shape index (κ2) is 4.60. The molecule has 0 bridgehead atoms. The number of thiophene rings is 1. The molecule has 2 heterocycles. The molecule has 3 aromatic rings. The molecular formula is C13H13N3O2S2. The smallest absolute Gasteiger partial charge is 0.271 e. The number of nitrogens with one attached hydrogen (secondary N) is 1. The molecule has 0 aliphatic rings. The van der Waals surface area contributed by atoms with Crippen molar-refractivity contribution in [1.82, 2.24) is 9.55 Å². The molecule has 5 nitrogen and oxygen atoms in total. The maximum atomic E-state index is 12.1. The van der Waals surface area contributed by atoms with E-state index < -0.39 is 10.0 Å². The van der Waals surface area contributed by atoms with Crippen LogP contribution in [0.4, 0.5) is 5.69 Å². The molecule has 0 aliphatic heterocycles. The van der Waals surface area contributed by atoms with Crippen LogP contribution in [-0.4, -0.2) is 18.0 Å². The van der Waals surface area contributed by atoms with E-state index in [-0.39, 0.29) is 0 Å². The first-order chi connectivity index (χ1) is 9.47. The van der Waals surface area contributed by atoms with Gasteiger partial charge in [-0.15, -0.1) is 11.3 Å². The molecule has 0 atom stereocenters. The average molecular weight is 307 g/mol. The number of hydrogen-bond donors (Lipinski definition) is 1. The van der Waals surface area contributed by atoms with Crippen molar-refractivity contribution in [3.8, 4) is 0 Å².